The summed E-state index contributed by atoms with van der Waals surface area (Å²) in [6.45, 7) is 3.79. The number of nitrogens with one attached hydrogen (secondary N) is 2. The summed E-state index contributed by atoms with van der Waals surface area (Å²) >= 11 is 0. The van der Waals surface area contributed by atoms with Gasteiger partial charge < -0.3 is 16.0 Å². The number of primary amides is 1. The van der Waals surface area contributed by atoms with Crippen LogP contribution in [0, 0.1) is 0 Å². The van der Waals surface area contributed by atoms with Crippen LogP contribution in [0.5, 0.6) is 0 Å². The number of aromatic nitrogens is 3. The molecule has 0 bridgehead atoms. The fourth-order valence-electron chi connectivity index (χ4n) is 2.53. The van der Waals surface area contributed by atoms with Crippen LogP contribution < -0.4 is 11.1 Å². The van der Waals surface area contributed by atoms with Crippen LogP contribution in [0.15, 0.2) is 42.9 Å². The summed E-state index contributed by atoms with van der Waals surface area (Å²) in [6.07, 6.45) is 8.08. The van der Waals surface area contributed by atoms with Crippen LogP contribution in [0.4, 0.5) is 0 Å². The minimum absolute atomic E-state index is 0.0519. The van der Waals surface area contributed by atoms with Gasteiger partial charge in [-0.1, -0.05) is 6.07 Å². The second kappa shape index (κ2) is 7.18. The second-order valence-corrected chi connectivity index (χ2v) is 6.16. The molecule has 0 saturated carbocycles. The number of fused-ring (bicyclic) bond motifs is 1. The molecule has 4 N–H and O–H groups in total. The van der Waals surface area contributed by atoms with Gasteiger partial charge in [-0.25, -0.2) is 4.98 Å². The molecule has 0 aromatic carbocycles. The number of hydrogen-bond acceptors (Lipinski definition) is 4. The molecule has 0 atom stereocenters. The van der Waals surface area contributed by atoms with E-state index in [1.807, 2.05) is 26.0 Å². The molecule has 0 aliphatic heterocycles. The van der Waals surface area contributed by atoms with Gasteiger partial charge in [0.1, 0.15) is 11.3 Å². The van der Waals surface area contributed by atoms with Crippen LogP contribution in [0.25, 0.3) is 28.2 Å². The van der Waals surface area contributed by atoms with Crippen molar-refractivity contribution < 1.29 is 9.59 Å². The molecule has 3 heterocycles. The number of rotatable bonds is 5. The normalized spacial score (nSPS) is 11.3. The van der Waals surface area contributed by atoms with E-state index in [4.69, 9.17) is 5.73 Å². The molecule has 0 aliphatic carbocycles. The molecule has 7 nitrogen and oxygen atoms in total. The Morgan fingerprint density at radius 3 is 2.62 bits per heavy atom. The Labute approximate surface area is 150 Å². The lowest BCUT2D eigenvalue weighted by Crippen LogP contribution is -2.30. The van der Waals surface area contributed by atoms with E-state index in [0.29, 0.717) is 11.3 Å². The van der Waals surface area contributed by atoms with E-state index in [1.54, 1.807) is 30.7 Å². The van der Waals surface area contributed by atoms with Gasteiger partial charge in [0.05, 0.1) is 0 Å². The third kappa shape index (κ3) is 3.77. The number of carbonyl (C=O) groups is 2. The lowest BCUT2D eigenvalue weighted by atomic mass is 10.1. The highest BCUT2D eigenvalue weighted by molar-refractivity contribution is 5.96. The summed E-state index contributed by atoms with van der Waals surface area (Å²) in [7, 11) is 0. The van der Waals surface area contributed by atoms with Gasteiger partial charge in [-0.2, -0.15) is 0 Å². The Morgan fingerprint density at radius 2 is 1.96 bits per heavy atom. The van der Waals surface area contributed by atoms with E-state index in [1.165, 1.54) is 6.08 Å². The fraction of sp³-hybridized carbons (Fsp3) is 0.158. The van der Waals surface area contributed by atoms with Gasteiger partial charge in [-0.05, 0) is 32.1 Å². The number of amides is 2. The summed E-state index contributed by atoms with van der Waals surface area (Å²) in [5.41, 5.74) is 8.73. The van der Waals surface area contributed by atoms with Crippen molar-refractivity contribution >= 4 is 28.9 Å². The molecule has 0 saturated heterocycles. The van der Waals surface area contributed by atoms with Crippen molar-refractivity contribution in [2.75, 3.05) is 0 Å². The average Bonchev–Trinajstić information content (AvgIpc) is 3.01. The number of carbonyl (C=O) groups excluding carboxylic acids is 2. The zero-order valence-electron chi connectivity index (χ0n) is 14.5. The van der Waals surface area contributed by atoms with E-state index in [0.717, 1.165) is 22.1 Å². The number of nitrogens with zero attached hydrogens (tertiary/aromatic N) is 2. The molecule has 0 unspecified atom stereocenters. The third-order valence-electron chi connectivity index (χ3n) is 3.74. The number of aromatic amines is 1. The fourth-order valence-corrected chi connectivity index (χ4v) is 2.53. The molecule has 0 fully saturated rings. The Bertz CT molecular complexity index is 987. The minimum Gasteiger partial charge on any atom is -0.366 e. The first-order valence-corrected chi connectivity index (χ1v) is 8.16. The monoisotopic (exact) mass is 349 g/mol. The van der Waals surface area contributed by atoms with Gasteiger partial charge in [0.15, 0.2) is 0 Å². The lowest BCUT2D eigenvalue weighted by molar-refractivity contribution is -0.113. The van der Waals surface area contributed by atoms with E-state index < -0.39 is 5.91 Å². The standard InChI is InChI=1S/C19H19N5O2/c1-11(2)24-19(26)16-5-3-12(8-21-16)14-7-15-13(4-6-17(20)25)9-22-18(15)23-10-14/h3-11H,1-2H3,(H2,20,25)(H,22,23)(H,24,26). The van der Waals surface area contributed by atoms with E-state index in [9.17, 15) is 9.59 Å². The molecule has 2 amide bonds. The van der Waals surface area contributed by atoms with Gasteiger partial charge >= 0.3 is 0 Å². The molecule has 3 aromatic rings. The molecular formula is C19H19N5O2. The summed E-state index contributed by atoms with van der Waals surface area (Å²) in [4.78, 5) is 34.6. The van der Waals surface area contributed by atoms with Crippen molar-refractivity contribution in [3.8, 4) is 11.1 Å². The van der Waals surface area contributed by atoms with Crippen LogP contribution in [0.2, 0.25) is 0 Å². The first-order valence-electron chi connectivity index (χ1n) is 8.16. The predicted octanol–water partition coefficient (Wildman–Crippen LogP) is 2.26. The van der Waals surface area contributed by atoms with Crippen LogP contribution in [-0.4, -0.2) is 32.8 Å². The van der Waals surface area contributed by atoms with Gasteiger partial charge in [-0.15, -0.1) is 0 Å². The van der Waals surface area contributed by atoms with Crippen molar-refractivity contribution in [3.63, 3.8) is 0 Å². The van der Waals surface area contributed by atoms with Crippen molar-refractivity contribution in [1.82, 2.24) is 20.3 Å². The van der Waals surface area contributed by atoms with Crippen LogP contribution in [0.3, 0.4) is 0 Å². The van der Waals surface area contributed by atoms with Crippen molar-refractivity contribution in [3.05, 3.63) is 54.1 Å². The van der Waals surface area contributed by atoms with E-state index in [2.05, 4.69) is 20.3 Å². The molecule has 3 rings (SSSR count). The SMILES string of the molecule is CC(C)NC(=O)c1ccc(-c2cnc3[nH]cc(C=CC(N)=O)c3c2)cn1. The summed E-state index contributed by atoms with van der Waals surface area (Å²) in [5.74, 6) is -0.715. The first-order chi connectivity index (χ1) is 12.4. The lowest BCUT2D eigenvalue weighted by Gasteiger charge is -2.08. The Morgan fingerprint density at radius 1 is 1.19 bits per heavy atom. The maximum atomic E-state index is 12.0. The minimum atomic E-state index is -0.511. The van der Waals surface area contributed by atoms with Gasteiger partial charge in [0.25, 0.3) is 5.91 Å². The summed E-state index contributed by atoms with van der Waals surface area (Å²) in [5, 5.41) is 3.67. The molecule has 0 aliphatic rings. The molecule has 7 heteroatoms. The predicted molar refractivity (Wildman–Crippen MR) is 100 cm³/mol. The third-order valence-corrected chi connectivity index (χ3v) is 3.74. The highest BCUT2D eigenvalue weighted by Crippen LogP contribution is 2.25. The smallest absolute Gasteiger partial charge is 0.270 e. The number of pyridine rings is 2. The molecule has 26 heavy (non-hydrogen) atoms. The van der Waals surface area contributed by atoms with Gasteiger partial charge in [-0.3, -0.25) is 14.6 Å². The van der Waals surface area contributed by atoms with Gasteiger partial charge in [0, 0.05) is 52.8 Å². The van der Waals surface area contributed by atoms with Crippen LogP contribution in [0.1, 0.15) is 29.9 Å². The van der Waals surface area contributed by atoms with Crippen molar-refractivity contribution in [1.29, 1.82) is 0 Å². The first kappa shape index (κ1) is 17.3. The number of hydrogen-bond donors (Lipinski definition) is 3. The summed E-state index contributed by atoms with van der Waals surface area (Å²) < 4.78 is 0. The number of H-pyrrole nitrogens is 1. The molecule has 3 aromatic heterocycles. The zero-order chi connectivity index (χ0) is 18.7. The molecular weight excluding hydrogens is 330 g/mol. The zero-order valence-corrected chi connectivity index (χ0v) is 14.5. The van der Waals surface area contributed by atoms with Crippen LogP contribution in [-0.2, 0) is 4.79 Å². The highest BCUT2D eigenvalue weighted by Gasteiger charge is 2.10. The van der Waals surface area contributed by atoms with E-state index >= 15 is 0 Å². The molecule has 0 spiro atoms. The Hall–Kier alpha value is -3.48. The van der Waals surface area contributed by atoms with Crippen molar-refractivity contribution in [2.24, 2.45) is 5.73 Å². The van der Waals surface area contributed by atoms with E-state index in [-0.39, 0.29) is 11.9 Å². The van der Waals surface area contributed by atoms with Crippen molar-refractivity contribution in [2.45, 2.75) is 19.9 Å². The molecule has 0 radical (unpaired) electrons. The summed E-state index contributed by atoms with van der Waals surface area (Å²) in [6, 6.07) is 5.51. The average molecular weight is 349 g/mol. The highest BCUT2D eigenvalue weighted by atomic mass is 16.2. The Kier molecular flexibility index (Phi) is 4.79. The maximum Gasteiger partial charge on any atom is 0.270 e. The quantitative estimate of drug-likeness (QED) is 0.613. The maximum absolute atomic E-state index is 12.0. The second-order valence-electron chi connectivity index (χ2n) is 6.16. The number of nitrogens with two attached hydrogens (primary N) is 1. The largest absolute Gasteiger partial charge is 0.366 e. The topological polar surface area (TPSA) is 114 Å². The van der Waals surface area contributed by atoms with Crippen LogP contribution >= 0.6 is 0 Å². The Balaban J connectivity index is 1.91. The molecule has 132 valence electrons. The van der Waals surface area contributed by atoms with Gasteiger partial charge in [0.2, 0.25) is 5.91 Å².